The highest BCUT2D eigenvalue weighted by Crippen LogP contribution is 2.51. The van der Waals surface area contributed by atoms with Crippen LogP contribution < -0.4 is 0 Å². The van der Waals surface area contributed by atoms with Gasteiger partial charge in [0.15, 0.2) is 5.69 Å². The van der Waals surface area contributed by atoms with Crippen molar-refractivity contribution in [3.8, 4) is 5.69 Å². The second-order valence-corrected chi connectivity index (χ2v) is 6.36. The number of aromatic nitrogens is 3. The van der Waals surface area contributed by atoms with Crippen LogP contribution in [-0.4, -0.2) is 50.0 Å². The van der Waals surface area contributed by atoms with E-state index in [9.17, 15) is 9.59 Å². The minimum absolute atomic E-state index is 0.0859. The van der Waals surface area contributed by atoms with E-state index in [-0.39, 0.29) is 29.4 Å². The molecule has 8 heteroatoms. The first-order chi connectivity index (χ1) is 11.0. The smallest absolute Gasteiger partial charge is 0.307 e. The largest absolute Gasteiger partial charge is 0.481 e. The second-order valence-electron chi connectivity index (χ2n) is 5.93. The third-order valence-corrected chi connectivity index (χ3v) is 4.82. The fourth-order valence-electron chi connectivity index (χ4n) is 3.30. The number of carboxylic acid groups (broad SMARTS) is 1. The zero-order chi connectivity index (χ0) is 16.1. The van der Waals surface area contributed by atoms with Crippen molar-refractivity contribution in [1.82, 2.24) is 19.9 Å². The van der Waals surface area contributed by atoms with Gasteiger partial charge in [0.25, 0.3) is 5.91 Å². The average molecular weight is 333 g/mol. The third-order valence-electron chi connectivity index (χ3n) is 4.57. The van der Waals surface area contributed by atoms with Crippen LogP contribution >= 0.6 is 11.6 Å². The molecule has 1 N–H and O–H groups in total. The van der Waals surface area contributed by atoms with Gasteiger partial charge in [0.2, 0.25) is 0 Å². The summed E-state index contributed by atoms with van der Waals surface area (Å²) in [6.07, 6.45) is 1.57. The first-order valence-electron chi connectivity index (χ1n) is 7.25. The summed E-state index contributed by atoms with van der Waals surface area (Å²) in [5, 5.41) is 17.5. The summed E-state index contributed by atoms with van der Waals surface area (Å²) in [6.45, 7) is 0.961. The average Bonchev–Trinajstić information content (AvgIpc) is 2.93. The van der Waals surface area contributed by atoms with E-state index < -0.39 is 5.97 Å². The van der Waals surface area contributed by atoms with E-state index in [4.69, 9.17) is 16.7 Å². The maximum Gasteiger partial charge on any atom is 0.307 e. The Morgan fingerprint density at radius 2 is 1.83 bits per heavy atom. The van der Waals surface area contributed by atoms with Crippen LogP contribution in [0.4, 0.5) is 0 Å². The third kappa shape index (κ3) is 2.37. The molecule has 2 heterocycles. The maximum atomic E-state index is 12.4. The highest BCUT2D eigenvalue weighted by atomic mass is 35.5. The molecular formula is C15H13ClN4O3. The first kappa shape index (κ1) is 14.2. The number of hydrogen-bond donors (Lipinski definition) is 1. The van der Waals surface area contributed by atoms with Crippen molar-refractivity contribution >= 4 is 23.5 Å². The van der Waals surface area contributed by atoms with E-state index >= 15 is 0 Å². The maximum absolute atomic E-state index is 12.4. The molecule has 1 saturated carbocycles. The fourth-order valence-corrected chi connectivity index (χ4v) is 3.43. The van der Waals surface area contributed by atoms with Gasteiger partial charge in [-0.2, -0.15) is 0 Å². The minimum atomic E-state index is -0.763. The molecule has 1 unspecified atom stereocenters. The van der Waals surface area contributed by atoms with Gasteiger partial charge in [0.1, 0.15) is 0 Å². The number of rotatable bonds is 3. The topological polar surface area (TPSA) is 88.3 Å². The Hall–Kier alpha value is -2.41. The number of carbonyl (C=O) groups excluding carboxylic acids is 1. The van der Waals surface area contributed by atoms with Crippen LogP contribution in [0.25, 0.3) is 5.69 Å². The Kier molecular flexibility index (Phi) is 3.12. The zero-order valence-electron chi connectivity index (χ0n) is 12.0. The molecule has 1 amide bonds. The van der Waals surface area contributed by atoms with Crippen molar-refractivity contribution in [1.29, 1.82) is 0 Å². The van der Waals surface area contributed by atoms with Gasteiger partial charge >= 0.3 is 5.97 Å². The molecule has 7 nitrogen and oxygen atoms in total. The molecule has 2 fully saturated rings. The lowest BCUT2D eigenvalue weighted by atomic mass is 10.2. The summed E-state index contributed by atoms with van der Waals surface area (Å²) in [5.41, 5.74) is 1.02. The van der Waals surface area contributed by atoms with Gasteiger partial charge in [0, 0.05) is 18.1 Å². The number of aliphatic carboxylic acids is 1. The van der Waals surface area contributed by atoms with Crippen LogP contribution in [0, 0.1) is 17.8 Å². The molecule has 2 aromatic rings. The Morgan fingerprint density at radius 3 is 2.43 bits per heavy atom. The standard InChI is InChI=1S/C15H13ClN4O3/c16-8-1-3-9(4-2-8)20-7-12(17-18-20)14(21)19-5-10-11(6-19)13(10)15(22)23/h1-4,7,10-11,13H,5-6H2,(H,22,23)/t10-,11+,13?. The van der Waals surface area contributed by atoms with Gasteiger partial charge in [0.05, 0.1) is 17.8 Å². The number of halogens is 1. The van der Waals surface area contributed by atoms with E-state index in [1.54, 1.807) is 35.4 Å². The molecule has 0 bridgehead atoms. The molecule has 23 heavy (non-hydrogen) atoms. The van der Waals surface area contributed by atoms with E-state index in [1.165, 1.54) is 4.68 Å². The van der Waals surface area contributed by atoms with Crippen molar-refractivity contribution in [3.05, 3.63) is 41.2 Å². The van der Waals surface area contributed by atoms with E-state index in [1.807, 2.05) is 0 Å². The van der Waals surface area contributed by atoms with E-state index in [0.29, 0.717) is 18.1 Å². The van der Waals surface area contributed by atoms with Gasteiger partial charge < -0.3 is 10.0 Å². The van der Waals surface area contributed by atoms with E-state index in [0.717, 1.165) is 5.69 Å². The van der Waals surface area contributed by atoms with Crippen LogP contribution in [0.2, 0.25) is 5.02 Å². The lowest BCUT2D eigenvalue weighted by Crippen LogP contribution is -2.32. The van der Waals surface area contributed by atoms with Crippen molar-refractivity contribution in [2.45, 2.75) is 0 Å². The van der Waals surface area contributed by atoms with Crippen LogP contribution in [0.3, 0.4) is 0 Å². The molecule has 0 spiro atoms. The monoisotopic (exact) mass is 332 g/mol. The Labute approximate surface area is 136 Å². The SMILES string of the molecule is O=C(O)C1[C@H]2CN(C(=O)c3cn(-c4ccc(Cl)cc4)nn3)C[C@@H]12. The lowest BCUT2D eigenvalue weighted by Gasteiger charge is -2.17. The molecule has 3 atom stereocenters. The summed E-state index contributed by atoms with van der Waals surface area (Å²) in [7, 11) is 0. The molecule has 0 radical (unpaired) electrons. The molecule has 1 aromatic carbocycles. The van der Waals surface area contributed by atoms with Gasteiger partial charge in [-0.3, -0.25) is 9.59 Å². The van der Waals surface area contributed by atoms with Gasteiger partial charge in [-0.1, -0.05) is 16.8 Å². The predicted molar refractivity (Wildman–Crippen MR) is 80.4 cm³/mol. The quantitative estimate of drug-likeness (QED) is 0.916. The number of hydrogen-bond acceptors (Lipinski definition) is 4. The molecule has 118 valence electrons. The Bertz CT molecular complexity index is 776. The van der Waals surface area contributed by atoms with Crippen molar-refractivity contribution in [2.75, 3.05) is 13.1 Å². The van der Waals surface area contributed by atoms with Crippen molar-refractivity contribution in [3.63, 3.8) is 0 Å². The highest BCUT2D eigenvalue weighted by molar-refractivity contribution is 6.30. The zero-order valence-corrected chi connectivity index (χ0v) is 12.7. The fraction of sp³-hybridized carbons (Fsp3) is 0.333. The van der Waals surface area contributed by atoms with Crippen molar-refractivity contribution < 1.29 is 14.7 Å². The van der Waals surface area contributed by atoms with Crippen LogP contribution in [0.1, 0.15) is 10.5 Å². The van der Waals surface area contributed by atoms with Crippen molar-refractivity contribution in [2.24, 2.45) is 17.8 Å². The summed E-state index contributed by atoms with van der Waals surface area (Å²) < 4.78 is 1.51. The molecule has 1 saturated heterocycles. The number of carboxylic acids is 1. The van der Waals surface area contributed by atoms with Gasteiger partial charge in [-0.05, 0) is 36.1 Å². The molecule has 1 aliphatic heterocycles. The second kappa shape index (κ2) is 5.06. The van der Waals surface area contributed by atoms with Gasteiger partial charge in [-0.15, -0.1) is 5.10 Å². The van der Waals surface area contributed by atoms with Crippen LogP contribution in [0.15, 0.2) is 30.5 Å². The molecule has 4 rings (SSSR count). The van der Waals surface area contributed by atoms with Crippen LogP contribution in [0.5, 0.6) is 0 Å². The Morgan fingerprint density at radius 1 is 1.17 bits per heavy atom. The van der Waals surface area contributed by atoms with Crippen LogP contribution in [-0.2, 0) is 4.79 Å². The number of likely N-dealkylation sites (tertiary alicyclic amines) is 1. The molecule has 1 aromatic heterocycles. The first-order valence-corrected chi connectivity index (χ1v) is 7.63. The summed E-state index contributed by atoms with van der Waals surface area (Å²) >= 11 is 5.84. The Balaban J connectivity index is 1.47. The molecule has 2 aliphatic rings. The predicted octanol–water partition coefficient (Wildman–Crippen LogP) is 1.32. The number of carbonyl (C=O) groups is 2. The minimum Gasteiger partial charge on any atom is -0.481 e. The number of benzene rings is 1. The number of piperidine rings is 1. The summed E-state index contributed by atoms with van der Waals surface area (Å²) in [6, 6.07) is 7.04. The number of fused-ring (bicyclic) bond motifs is 1. The molecule has 1 aliphatic carbocycles. The summed E-state index contributed by atoms with van der Waals surface area (Å²) in [5.74, 6) is -1.09. The number of nitrogens with zero attached hydrogens (tertiary/aromatic N) is 4. The van der Waals surface area contributed by atoms with E-state index in [2.05, 4.69) is 10.3 Å². The van der Waals surface area contributed by atoms with Gasteiger partial charge in [-0.25, -0.2) is 4.68 Å². The lowest BCUT2D eigenvalue weighted by molar-refractivity contribution is -0.139. The highest BCUT2D eigenvalue weighted by Gasteiger charge is 2.60. The molecular weight excluding hydrogens is 320 g/mol. The normalized spacial score (nSPS) is 25.3. The number of amides is 1. The summed E-state index contributed by atoms with van der Waals surface area (Å²) in [4.78, 5) is 25.1.